The minimum atomic E-state index is -0.490. The molecule has 0 atom stereocenters. The third kappa shape index (κ3) is 2.21. The smallest absolute Gasteiger partial charge is 0.360 e. The Morgan fingerprint density at radius 2 is 2.41 bits per heavy atom. The molecule has 90 valence electrons. The van der Waals surface area contributed by atoms with E-state index in [9.17, 15) is 4.79 Å². The van der Waals surface area contributed by atoms with E-state index in [-0.39, 0.29) is 5.69 Å². The van der Waals surface area contributed by atoms with Gasteiger partial charge in [-0.25, -0.2) is 4.79 Å². The van der Waals surface area contributed by atoms with Crippen LogP contribution in [0.15, 0.2) is 17.5 Å². The summed E-state index contributed by atoms with van der Waals surface area (Å²) in [7, 11) is 1.75. The molecule has 0 amide bonds. The first-order valence-corrected chi connectivity index (χ1v) is 6.34. The molecule has 2 aromatic rings. The normalized spacial score (nSPS) is 10.5. The van der Waals surface area contributed by atoms with Crippen LogP contribution in [0.5, 0.6) is 0 Å². The molecule has 0 aliphatic carbocycles. The molecule has 17 heavy (non-hydrogen) atoms. The second kappa shape index (κ2) is 4.89. The van der Waals surface area contributed by atoms with Crippen molar-refractivity contribution in [1.82, 2.24) is 9.78 Å². The number of aromatic nitrogens is 2. The zero-order chi connectivity index (χ0) is 12.4. The molecular weight excluding hydrogens is 260 g/mol. The Bertz CT molecular complexity index is 534. The molecule has 2 aromatic heterocycles. The van der Waals surface area contributed by atoms with E-state index < -0.39 is 5.97 Å². The summed E-state index contributed by atoms with van der Waals surface area (Å²) < 4.78 is 6.50. The molecule has 0 N–H and O–H groups in total. The molecule has 0 fully saturated rings. The lowest BCUT2D eigenvalue weighted by Gasteiger charge is -1.98. The SMILES string of the molecule is CCOC(=O)c1nn(C)c(-c2cccs2)c1Cl. The predicted molar refractivity (Wildman–Crippen MR) is 67.5 cm³/mol. The minimum absolute atomic E-state index is 0.166. The van der Waals surface area contributed by atoms with Gasteiger partial charge in [-0.2, -0.15) is 5.10 Å². The Balaban J connectivity index is 2.46. The van der Waals surface area contributed by atoms with Crippen LogP contribution in [0.1, 0.15) is 17.4 Å². The van der Waals surface area contributed by atoms with Crippen molar-refractivity contribution < 1.29 is 9.53 Å². The molecular formula is C11H11ClN2O2S. The summed E-state index contributed by atoms with van der Waals surface area (Å²) in [6, 6.07) is 3.86. The van der Waals surface area contributed by atoms with Crippen LogP contribution < -0.4 is 0 Å². The van der Waals surface area contributed by atoms with E-state index in [1.165, 1.54) is 0 Å². The van der Waals surface area contributed by atoms with Gasteiger partial charge in [-0.3, -0.25) is 4.68 Å². The second-order valence-corrected chi connectivity index (χ2v) is 4.66. The van der Waals surface area contributed by atoms with Crippen molar-refractivity contribution in [2.24, 2.45) is 7.05 Å². The summed E-state index contributed by atoms with van der Waals surface area (Å²) in [6.45, 7) is 2.05. The number of rotatable bonds is 3. The van der Waals surface area contributed by atoms with Gasteiger partial charge >= 0.3 is 5.97 Å². The summed E-state index contributed by atoms with van der Waals surface area (Å²) in [5, 5.41) is 6.39. The van der Waals surface area contributed by atoms with Crippen molar-refractivity contribution in [2.75, 3.05) is 6.61 Å². The Kier molecular flexibility index (Phi) is 3.49. The van der Waals surface area contributed by atoms with Gasteiger partial charge in [0.05, 0.1) is 17.2 Å². The first-order chi connectivity index (χ1) is 8.15. The van der Waals surface area contributed by atoms with Crippen molar-refractivity contribution in [3.63, 3.8) is 0 Å². The lowest BCUT2D eigenvalue weighted by atomic mass is 10.3. The molecule has 2 heterocycles. The summed E-state index contributed by atoms with van der Waals surface area (Å²) in [5.41, 5.74) is 0.907. The minimum Gasteiger partial charge on any atom is -0.461 e. The first kappa shape index (κ1) is 12.1. The average molecular weight is 271 g/mol. The summed E-state index contributed by atoms with van der Waals surface area (Å²) in [5.74, 6) is -0.490. The van der Waals surface area contributed by atoms with Gasteiger partial charge in [0.2, 0.25) is 0 Å². The summed E-state index contributed by atoms with van der Waals surface area (Å²) in [6.07, 6.45) is 0. The molecule has 4 nitrogen and oxygen atoms in total. The highest BCUT2D eigenvalue weighted by molar-refractivity contribution is 7.13. The van der Waals surface area contributed by atoms with E-state index in [0.717, 1.165) is 10.6 Å². The van der Waals surface area contributed by atoms with Crippen LogP contribution >= 0.6 is 22.9 Å². The monoisotopic (exact) mass is 270 g/mol. The lowest BCUT2D eigenvalue weighted by Crippen LogP contribution is -2.06. The number of aryl methyl sites for hydroxylation is 1. The molecule has 0 aliphatic heterocycles. The first-order valence-electron chi connectivity index (χ1n) is 5.08. The van der Waals surface area contributed by atoms with Gasteiger partial charge < -0.3 is 4.74 Å². The maximum atomic E-state index is 11.6. The third-order valence-electron chi connectivity index (χ3n) is 2.21. The molecule has 0 unspecified atom stereocenters. The van der Waals surface area contributed by atoms with Crippen LogP contribution in [0.25, 0.3) is 10.6 Å². The fraction of sp³-hybridized carbons (Fsp3) is 0.273. The molecule has 0 bridgehead atoms. The number of carbonyl (C=O) groups excluding carboxylic acids is 1. The molecule has 2 rings (SSSR count). The van der Waals surface area contributed by atoms with Gasteiger partial charge in [-0.15, -0.1) is 11.3 Å². The topological polar surface area (TPSA) is 44.1 Å². The van der Waals surface area contributed by atoms with Crippen molar-refractivity contribution in [1.29, 1.82) is 0 Å². The number of nitrogens with zero attached hydrogens (tertiary/aromatic N) is 2. The Hall–Kier alpha value is -1.33. The highest BCUT2D eigenvalue weighted by Crippen LogP contribution is 2.33. The number of esters is 1. The van der Waals surface area contributed by atoms with Crippen molar-refractivity contribution in [2.45, 2.75) is 6.92 Å². The van der Waals surface area contributed by atoms with Crippen molar-refractivity contribution >= 4 is 28.9 Å². The van der Waals surface area contributed by atoms with Crippen molar-refractivity contribution in [3.8, 4) is 10.6 Å². The number of carbonyl (C=O) groups is 1. The Morgan fingerprint density at radius 3 is 3.00 bits per heavy atom. The number of halogens is 1. The maximum absolute atomic E-state index is 11.6. The van der Waals surface area contributed by atoms with Crippen LogP contribution in [0, 0.1) is 0 Å². The zero-order valence-electron chi connectivity index (χ0n) is 9.44. The molecule has 0 spiro atoms. The molecule has 0 aromatic carbocycles. The number of hydrogen-bond donors (Lipinski definition) is 0. The molecule has 0 radical (unpaired) electrons. The standard InChI is InChI=1S/C11H11ClN2O2S/c1-3-16-11(15)9-8(12)10(14(2)13-9)7-5-4-6-17-7/h4-6H,3H2,1-2H3. The van der Waals surface area contributed by atoms with Crippen LogP contribution in [-0.2, 0) is 11.8 Å². The van der Waals surface area contributed by atoms with Gasteiger partial charge in [-0.1, -0.05) is 17.7 Å². The molecule has 0 saturated heterocycles. The predicted octanol–water partition coefficient (Wildman–Crippen LogP) is 2.98. The van der Waals surface area contributed by atoms with E-state index in [4.69, 9.17) is 16.3 Å². The third-order valence-corrected chi connectivity index (χ3v) is 3.45. The van der Waals surface area contributed by atoms with Gasteiger partial charge in [-0.05, 0) is 18.4 Å². The van der Waals surface area contributed by atoms with Crippen LogP contribution in [-0.4, -0.2) is 22.4 Å². The molecule has 0 aliphatic rings. The number of hydrogen-bond acceptors (Lipinski definition) is 4. The van der Waals surface area contributed by atoms with E-state index in [1.54, 1.807) is 30.0 Å². The highest BCUT2D eigenvalue weighted by atomic mass is 35.5. The molecule has 6 heteroatoms. The van der Waals surface area contributed by atoms with Gasteiger partial charge in [0, 0.05) is 7.05 Å². The number of ether oxygens (including phenoxy) is 1. The van der Waals surface area contributed by atoms with Crippen molar-refractivity contribution in [3.05, 3.63) is 28.2 Å². The van der Waals surface area contributed by atoms with Gasteiger partial charge in [0.15, 0.2) is 5.69 Å². The Morgan fingerprint density at radius 1 is 1.65 bits per heavy atom. The van der Waals surface area contributed by atoms with Crippen LogP contribution in [0.2, 0.25) is 5.02 Å². The average Bonchev–Trinajstić information content (AvgIpc) is 2.87. The van der Waals surface area contributed by atoms with E-state index in [2.05, 4.69) is 5.10 Å². The fourth-order valence-electron chi connectivity index (χ4n) is 1.51. The van der Waals surface area contributed by atoms with Crippen LogP contribution in [0.4, 0.5) is 0 Å². The fourth-order valence-corrected chi connectivity index (χ4v) is 2.71. The second-order valence-electron chi connectivity index (χ2n) is 3.33. The highest BCUT2D eigenvalue weighted by Gasteiger charge is 2.22. The largest absolute Gasteiger partial charge is 0.461 e. The van der Waals surface area contributed by atoms with E-state index >= 15 is 0 Å². The van der Waals surface area contributed by atoms with E-state index in [0.29, 0.717) is 11.6 Å². The lowest BCUT2D eigenvalue weighted by molar-refractivity contribution is 0.0519. The Labute approximate surface area is 108 Å². The quantitative estimate of drug-likeness (QED) is 0.806. The van der Waals surface area contributed by atoms with Gasteiger partial charge in [0.25, 0.3) is 0 Å². The maximum Gasteiger partial charge on any atom is 0.360 e. The number of thiophene rings is 1. The summed E-state index contributed by atoms with van der Waals surface area (Å²) in [4.78, 5) is 12.6. The molecule has 0 saturated carbocycles. The zero-order valence-corrected chi connectivity index (χ0v) is 11.0. The van der Waals surface area contributed by atoms with E-state index in [1.807, 2.05) is 17.5 Å². The summed E-state index contributed by atoms with van der Waals surface area (Å²) >= 11 is 7.72. The van der Waals surface area contributed by atoms with Gasteiger partial charge in [0.1, 0.15) is 5.02 Å². The van der Waals surface area contributed by atoms with Crippen LogP contribution in [0.3, 0.4) is 0 Å².